The predicted octanol–water partition coefficient (Wildman–Crippen LogP) is 6.38. The molecule has 2 atom stereocenters. The van der Waals surface area contributed by atoms with Crippen LogP contribution in [0, 0.1) is 0 Å². The summed E-state index contributed by atoms with van der Waals surface area (Å²) in [6.45, 7) is 3.22. The smallest absolute Gasteiger partial charge is 0.325 e. The number of carbonyl (C=O) groups excluding carboxylic acids is 2. The zero-order valence-corrected chi connectivity index (χ0v) is 21.8. The number of fused-ring (bicyclic) bond motifs is 5. The molecule has 3 aromatic carbocycles. The van der Waals surface area contributed by atoms with Gasteiger partial charge >= 0.3 is 6.03 Å². The molecular formula is C31H27N3O3S. The van der Waals surface area contributed by atoms with Crippen LogP contribution >= 0.6 is 11.3 Å². The first kappa shape index (κ1) is 23.0. The fourth-order valence-electron chi connectivity index (χ4n) is 6.00. The molecule has 3 aliphatic heterocycles. The molecule has 7 heteroatoms. The molecule has 190 valence electrons. The van der Waals surface area contributed by atoms with E-state index in [1.165, 1.54) is 11.1 Å². The molecule has 0 saturated carbocycles. The molecule has 0 spiro atoms. The normalized spacial score (nSPS) is 21.7. The zero-order chi connectivity index (χ0) is 25.9. The minimum absolute atomic E-state index is 0.0305. The van der Waals surface area contributed by atoms with Gasteiger partial charge in [-0.3, -0.25) is 9.69 Å². The van der Waals surface area contributed by atoms with E-state index in [-0.39, 0.29) is 18.0 Å². The Morgan fingerprint density at radius 2 is 1.89 bits per heavy atom. The summed E-state index contributed by atoms with van der Waals surface area (Å²) >= 11 is 1.66. The van der Waals surface area contributed by atoms with E-state index in [1.54, 1.807) is 16.2 Å². The van der Waals surface area contributed by atoms with E-state index in [0.29, 0.717) is 30.8 Å². The molecule has 2 bridgehead atoms. The lowest BCUT2D eigenvalue weighted by Crippen LogP contribution is -2.65. The Bertz CT molecular complexity index is 1570. The summed E-state index contributed by atoms with van der Waals surface area (Å²) in [7, 11) is 0. The van der Waals surface area contributed by atoms with Crippen LogP contribution in [0.15, 0.2) is 83.6 Å². The second-order valence-corrected chi connectivity index (χ2v) is 11.2. The summed E-state index contributed by atoms with van der Waals surface area (Å²) in [5.41, 5.74) is 6.03. The number of urea groups is 1. The van der Waals surface area contributed by atoms with Crippen molar-refractivity contribution in [1.82, 2.24) is 10.2 Å². The quantitative estimate of drug-likeness (QED) is 0.340. The molecule has 4 heterocycles. The number of hydrogen-bond donors (Lipinski definition) is 1. The highest BCUT2D eigenvalue weighted by molar-refractivity contribution is 7.08. The minimum atomic E-state index is -0.890. The Balaban J connectivity index is 1.19. The molecule has 38 heavy (non-hydrogen) atoms. The van der Waals surface area contributed by atoms with Crippen LogP contribution in [0.3, 0.4) is 0 Å². The molecule has 7 rings (SSSR count). The highest BCUT2D eigenvalue weighted by atomic mass is 32.1. The Labute approximate surface area is 225 Å². The maximum absolute atomic E-state index is 13.5. The van der Waals surface area contributed by atoms with E-state index in [1.807, 2.05) is 48.2 Å². The van der Waals surface area contributed by atoms with E-state index in [9.17, 15) is 9.59 Å². The van der Waals surface area contributed by atoms with Crippen LogP contribution in [0.5, 0.6) is 5.75 Å². The van der Waals surface area contributed by atoms with Crippen molar-refractivity contribution in [2.75, 3.05) is 11.4 Å². The van der Waals surface area contributed by atoms with Crippen LogP contribution in [-0.2, 0) is 13.0 Å². The van der Waals surface area contributed by atoms with Crippen molar-refractivity contribution in [2.24, 2.45) is 0 Å². The molecule has 6 nitrogen and oxygen atoms in total. The summed E-state index contributed by atoms with van der Waals surface area (Å²) in [6.07, 6.45) is 1.45. The topological polar surface area (TPSA) is 61.9 Å². The number of thiophene rings is 1. The number of ether oxygens (including phenoxy) is 1. The number of nitrogens with one attached hydrogen (secondary N) is 1. The highest BCUT2D eigenvalue weighted by Crippen LogP contribution is 2.46. The van der Waals surface area contributed by atoms with E-state index >= 15 is 0 Å². The maximum atomic E-state index is 13.5. The number of rotatable bonds is 3. The summed E-state index contributed by atoms with van der Waals surface area (Å²) in [5, 5.41) is 7.34. The molecule has 0 aliphatic carbocycles. The lowest BCUT2D eigenvalue weighted by molar-refractivity contribution is 0.0379. The van der Waals surface area contributed by atoms with Gasteiger partial charge in [0, 0.05) is 30.6 Å². The molecule has 0 radical (unpaired) electrons. The third-order valence-corrected chi connectivity index (χ3v) is 8.58. The highest BCUT2D eigenvalue weighted by Gasteiger charge is 2.50. The largest absolute Gasteiger partial charge is 0.467 e. The van der Waals surface area contributed by atoms with Gasteiger partial charge in [0.1, 0.15) is 5.75 Å². The Morgan fingerprint density at radius 3 is 2.74 bits per heavy atom. The molecule has 1 N–H and O–H groups in total. The van der Waals surface area contributed by atoms with Gasteiger partial charge in [-0.15, -0.1) is 0 Å². The summed E-state index contributed by atoms with van der Waals surface area (Å²) in [4.78, 5) is 30.5. The van der Waals surface area contributed by atoms with Gasteiger partial charge in [-0.05, 0) is 76.7 Å². The van der Waals surface area contributed by atoms with Crippen molar-refractivity contribution in [3.63, 3.8) is 0 Å². The fourth-order valence-corrected chi connectivity index (χ4v) is 6.67. The van der Waals surface area contributed by atoms with Crippen molar-refractivity contribution in [3.05, 3.63) is 106 Å². The van der Waals surface area contributed by atoms with E-state index in [0.717, 1.165) is 28.9 Å². The van der Waals surface area contributed by atoms with Gasteiger partial charge in [-0.25, -0.2) is 4.79 Å². The van der Waals surface area contributed by atoms with Crippen molar-refractivity contribution in [3.8, 4) is 16.9 Å². The van der Waals surface area contributed by atoms with Gasteiger partial charge in [0.2, 0.25) is 0 Å². The average molecular weight is 522 g/mol. The first-order valence-electron chi connectivity index (χ1n) is 12.9. The van der Waals surface area contributed by atoms with Gasteiger partial charge in [0.15, 0.2) is 5.72 Å². The standard InChI is InChI=1S/C31H27N3O3S/c1-31-17-27(26-10-9-21(16-28(26)37-31)24-12-14-38-19-24)32-30(36)34(31)25-8-4-7-22(15-25)29(35)33-13-11-20-5-2-3-6-23(20)18-33/h2-10,12,14-16,19,27H,11,13,17-18H2,1H3,(H,32,36). The fraction of sp³-hybridized carbons (Fsp3) is 0.226. The Hall–Kier alpha value is -4.10. The van der Waals surface area contributed by atoms with E-state index in [2.05, 4.69) is 52.5 Å². The van der Waals surface area contributed by atoms with Crippen LogP contribution in [-0.4, -0.2) is 29.1 Å². The third kappa shape index (κ3) is 3.77. The number of anilines is 1. The van der Waals surface area contributed by atoms with E-state index in [4.69, 9.17) is 4.74 Å². The second kappa shape index (κ2) is 8.74. The molecule has 1 saturated heterocycles. The van der Waals surface area contributed by atoms with Gasteiger partial charge in [-0.2, -0.15) is 11.3 Å². The number of benzene rings is 3. The van der Waals surface area contributed by atoms with Gasteiger partial charge in [0.25, 0.3) is 5.91 Å². The van der Waals surface area contributed by atoms with Crippen LogP contribution in [0.25, 0.3) is 11.1 Å². The molecule has 1 fully saturated rings. The first-order valence-corrected chi connectivity index (χ1v) is 13.9. The lowest BCUT2D eigenvalue weighted by atomic mass is 9.89. The van der Waals surface area contributed by atoms with Gasteiger partial charge in [0.05, 0.1) is 11.7 Å². The monoisotopic (exact) mass is 521 g/mol. The number of hydrogen-bond acceptors (Lipinski definition) is 4. The molecule has 3 amide bonds. The molecule has 1 aromatic heterocycles. The van der Waals surface area contributed by atoms with Crippen molar-refractivity contribution in [1.29, 1.82) is 0 Å². The summed E-state index contributed by atoms with van der Waals surface area (Å²) in [5.74, 6) is 0.744. The molecule has 3 aliphatic rings. The summed E-state index contributed by atoms with van der Waals surface area (Å²) in [6, 6.07) is 23.6. The average Bonchev–Trinajstić information content (AvgIpc) is 3.47. The predicted molar refractivity (Wildman–Crippen MR) is 148 cm³/mol. The van der Waals surface area contributed by atoms with Crippen LogP contribution in [0.1, 0.15) is 46.4 Å². The van der Waals surface area contributed by atoms with E-state index < -0.39 is 5.72 Å². The number of nitrogens with zero attached hydrogens (tertiary/aromatic N) is 2. The zero-order valence-electron chi connectivity index (χ0n) is 21.0. The Kier molecular flexibility index (Phi) is 5.30. The lowest BCUT2D eigenvalue weighted by Gasteiger charge is -2.50. The van der Waals surface area contributed by atoms with Crippen molar-refractivity contribution < 1.29 is 14.3 Å². The molecule has 4 aromatic rings. The number of amides is 3. The first-order chi connectivity index (χ1) is 18.5. The SMILES string of the molecule is CC12CC(NC(=O)N1c1cccc(C(=O)N3CCc4ccccc4C3)c1)c1ccc(-c3ccsc3)cc1O2. The molecule has 2 unspecified atom stereocenters. The van der Waals surface area contributed by atoms with Gasteiger partial charge < -0.3 is 15.0 Å². The Morgan fingerprint density at radius 1 is 1.03 bits per heavy atom. The molecular weight excluding hydrogens is 494 g/mol. The van der Waals surface area contributed by atoms with Crippen LogP contribution in [0.2, 0.25) is 0 Å². The summed E-state index contributed by atoms with van der Waals surface area (Å²) < 4.78 is 6.60. The van der Waals surface area contributed by atoms with Crippen LogP contribution < -0.4 is 15.0 Å². The third-order valence-electron chi connectivity index (χ3n) is 7.90. The van der Waals surface area contributed by atoms with Crippen molar-refractivity contribution >= 4 is 29.0 Å². The maximum Gasteiger partial charge on any atom is 0.325 e. The number of carbonyl (C=O) groups is 2. The van der Waals surface area contributed by atoms with Gasteiger partial charge in [-0.1, -0.05) is 42.5 Å². The van der Waals surface area contributed by atoms with Crippen LogP contribution in [0.4, 0.5) is 10.5 Å². The minimum Gasteiger partial charge on any atom is -0.467 e. The second-order valence-electron chi connectivity index (χ2n) is 10.4. The van der Waals surface area contributed by atoms with Crippen molar-refractivity contribution in [2.45, 2.75) is 38.1 Å².